The van der Waals surface area contributed by atoms with Gasteiger partial charge < -0.3 is 10.1 Å². The van der Waals surface area contributed by atoms with Gasteiger partial charge in [0.2, 0.25) is 5.82 Å². The summed E-state index contributed by atoms with van der Waals surface area (Å²) in [5, 5.41) is 6.81. The minimum absolute atomic E-state index is 0.0887. The van der Waals surface area contributed by atoms with Gasteiger partial charge in [0, 0.05) is 13.6 Å². The van der Waals surface area contributed by atoms with E-state index in [1.54, 1.807) is 23.9 Å². The van der Waals surface area contributed by atoms with Crippen LogP contribution in [0.4, 0.5) is 0 Å². The molecule has 0 aliphatic heterocycles. The zero-order chi connectivity index (χ0) is 14.8. The Hall–Kier alpha value is -2.48. The Morgan fingerprint density at radius 3 is 3.10 bits per heavy atom. The number of fused-ring (bicyclic) bond motifs is 1. The van der Waals surface area contributed by atoms with Gasteiger partial charge in [-0.2, -0.15) is 4.98 Å². The smallest absolute Gasteiger partial charge is 0.314 e. The van der Waals surface area contributed by atoms with Crippen molar-refractivity contribution in [3.63, 3.8) is 0 Å². The maximum absolute atomic E-state index is 12.1. The van der Waals surface area contributed by atoms with Gasteiger partial charge in [0.15, 0.2) is 0 Å². The van der Waals surface area contributed by atoms with Gasteiger partial charge in [-0.05, 0) is 11.6 Å². The first-order valence-corrected chi connectivity index (χ1v) is 7.11. The first-order chi connectivity index (χ1) is 10.2. The van der Waals surface area contributed by atoms with Crippen LogP contribution >= 0.6 is 11.3 Å². The van der Waals surface area contributed by atoms with Gasteiger partial charge >= 0.3 is 6.01 Å². The monoisotopic (exact) mass is 303 g/mol. The summed E-state index contributed by atoms with van der Waals surface area (Å²) in [5.41, 5.74) is 3.75. The molecule has 0 saturated carbocycles. The number of thiazole rings is 1. The van der Waals surface area contributed by atoms with Crippen LogP contribution in [0, 0.1) is 0 Å². The van der Waals surface area contributed by atoms with Gasteiger partial charge in [0.25, 0.3) is 5.91 Å². The lowest BCUT2D eigenvalue weighted by atomic mass is 10.2. The standard InChI is InChI=1S/C13H13N5O2S/c1-18-13(20-2)16-11(17-18)12(19)14-6-8-4-3-5-9-10(8)21-7-15-9/h3-5,7H,6H2,1-2H3,(H,14,19). The lowest BCUT2D eigenvalue weighted by Gasteiger charge is -2.03. The van der Waals surface area contributed by atoms with Crippen LogP contribution in [-0.2, 0) is 13.6 Å². The average molecular weight is 303 g/mol. The van der Waals surface area contributed by atoms with E-state index in [4.69, 9.17) is 4.74 Å². The third kappa shape index (κ3) is 2.57. The topological polar surface area (TPSA) is 81.9 Å². The first kappa shape index (κ1) is 13.5. The van der Waals surface area contributed by atoms with Crippen LogP contribution in [0.5, 0.6) is 6.01 Å². The molecule has 8 heteroatoms. The van der Waals surface area contributed by atoms with E-state index in [-0.39, 0.29) is 11.7 Å². The largest absolute Gasteiger partial charge is 0.467 e. The fraction of sp³-hybridized carbons (Fsp3) is 0.231. The van der Waals surface area contributed by atoms with Gasteiger partial charge in [-0.25, -0.2) is 9.67 Å². The van der Waals surface area contributed by atoms with Gasteiger partial charge in [-0.15, -0.1) is 16.4 Å². The molecule has 7 nitrogen and oxygen atoms in total. The Kier molecular flexibility index (Phi) is 3.53. The number of rotatable bonds is 4. The van der Waals surface area contributed by atoms with Gasteiger partial charge in [-0.3, -0.25) is 4.79 Å². The summed E-state index contributed by atoms with van der Waals surface area (Å²) in [4.78, 5) is 20.3. The first-order valence-electron chi connectivity index (χ1n) is 6.23. The average Bonchev–Trinajstić information content (AvgIpc) is 3.10. The molecule has 0 saturated heterocycles. The van der Waals surface area contributed by atoms with E-state index in [1.807, 2.05) is 18.2 Å². The predicted octanol–water partition coefficient (Wildman–Crippen LogP) is 1.36. The maximum Gasteiger partial charge on any atom is 0.314 e. The number of nitrogens with zero attached hydrogens (tertiary/aromatic N) is 4. The molecule has 0 fully saturated rings. The molecule has 108 valence electrons. The molecule has 1 aromatic carbocycles. The molecular weight excluding hydrogens is 290 g/mol. The number of methoxy groups -OCH3 is 1. The third-order valence-electron chi connectivity index (χ3n) is 2.99. The lowest BCUT2D eigenvalue weighted by molar-refractivity contribution is 0.0940. The summed E-state index contributed by atoms with van der Waals surface area (Å²) in [6, 6.07) is 6.13. The van der Waals surface area contributed by atoms with Crippen molar-refractivity contribution in [3.8, 4) is 6.01 Å². The Morgan fingerprint density at radius 1 is 1.48 bits per heavy atom. The van der Waals surface area contributed by atoms with Crippen molar-refractivity contribution in [2.24, 2.45) is 7.05 Å². The fourth-order valence-electron chi connectivity index (χ4n) is 1.98. The number of ether oxygens (including phenoxy) is 1. The van der Waals surface area contributed by atoms with E-state index < -0.39 is 0 Å². The van der Waals surface area contributed by atoms with Crippen molar-refractivity contribution in [1.29, 1.82) is 0 Å². The quantitative estimate of drug-likeness (QED) is 0.787. The van der Waals surface area contributed by atoms with E-state index in [2.05, 4.69) is 20.4 Å². The highest BCUT2D eigenvalue weighted by atomic mass is 32.1. The summed E-state index contributed by atoms with van der Waals surface area (Å²) in [6.45, 7) is 0.402. The van der Waals surface area contributed by atoms with Crippen molar-refractivity contribution in [3.05, 3.63) is 35.1 Å². The molecule has 0 aliphatic carbocycles. The Labute approximate surface area is 124 Å². The number of amides is 1. The van der Waals surface area contributed by atoms with Gasteiger partial charge in [0.1, 0.15) is 0 Å². The minimum atomic E-state index is -0.338. The zero-order valence-corrected chi connectivity index (χ0v) is 12.3. The molecule has 0 radical (unpaired) electrons. The summed E-state index contributed by atoms with van der Waals surface area (Å²) in [7, 11) is 3.15. The highest BCUT2D eigenvalue weighted by Crippen LogP contribution is 2.21. The lowest BCUT2D eigenvalue weighted by Crippen LogP contribution is -2.24. The summed E-state index contributed by atoms with van der Waals surface area (Å²) in [6.07, 6.45) is 0. The molecule has 3 aromatic rings. The van der Waals surface area contributed by atoms with E-state index in [0.717, 1.165) is 15.8 Å². The molecule has 1 amide bonds. The van der Waals surface area contributed by atoms with E-state index in [0.29, 0.717) is 12.6 Å². The van der Waals surface area contributed by atoms with Crippen molar-refractivity contribution in [2.75, 3.05) is 7.11 Å². The van der Waals surface area contributed by atoms with Gasteiger partial charge in [0.05, 0.1) is 22.8 Å². The molecule has 3 rings (SSSR count). The zero-order valence-electron chi connectivity index (χ0n) is 11.5. The number of hydrogen-bond donors (Lipinski definition) is 1. The van der Waals surface area contributed by atoms with Crippen LogP contribution in [0.3, 0.4) is 0 Å². The highest BCUT2D eigenvalue weighted by Gasteiger charge is 2.15. The molecule has 0 atom stereocenters. The number of aromatic nitrogens is 4. The number of hydrogen-bond acceptors (Lipinski definition) is 6. The second kappa shape index (κ2) is 5.49. The molecule has 0 unspecified atom stereocenters. The SMILES string of the molecule is COc1nc(C(=O)NCc2cccc3ncsc23)nn1C. The number of benzene rings is 1. The number of aryl methyl sites for hydroxylation is 1. The second-order valence-corrected chi connectivity index (χ2v) is 5.20. The van der Waals surface area contributed by atoms with E-state index in [1.165, 1.54) is 11.8 Å². The molecule has 2 aromatic heterocycles. The maximum atomic E-state index is 12.1. The van der Waals surface area contributed by atoms with Crippen molar-refractivity contribution in [2.45, 2.75) is 6.54 Å². The summed E-state index contributed by atoms with van der Waals surface area (Å²) < 4.78 is 7.48. The van der Waals surface area contributed by atoms with E-state index >= 15 is 0 Å². The highest BCUT2D eigenvalue weighted by molar-refractivity contribution is 7.16. The second-order valence-electron chi connectivity index (χ2n) is 4.35. The molecule has 0 spiro atoms. The van der Waals surface area contributed by atoms with Crippen molar-refractivity contribution < 1.29 is 9.53 Å². The normalized spacial score (nSPS) is 10.8. The van der Waals surface area contributed by atoms with Gasteiger partial charge in [-0.1, -0.05) is 12.1 Å². The molecule has 0 bridgehead atoms. The van der Waals surface area contributed by atoms with Crippen LogP contribution in [0.2, 0.25) is 0 Å². The van der Waals surface area contributed by atoms with Crippen LogP contribution in [0.1, 0.15) is 16.2 Å². The van der Waals surface area contributed by atoms with Crippen LogP contribution in [0.15, 0.2) is 23.7 Å². The number of nitrogens with one attached hydrogen (secondary N) is 1. The molecule has 0 aliphatic rings. The molecule has 21 heavy (non-hydrogen) atoms. The van der Waals surface area contributed by atoms with Crippen molar-refractivity contribution in [1.82, 2.24) is 25.1 Å². The van der Waals surface area contributed by atoms with E-state index in [9.17, 15) is 4.79 Å². The summed E-state index contributed by atoms with van der Waals surface area (Å²) >= 11 is 1.55. The molecule has 2 heterocycles. The fourth-order valence-corrected chi connectivity index (χ4v) is 2.79. The number of carbonyl (C=O) groups is 1. The van der Waals surface area contributed by atoms with Crippen LogP contribution in [-0.4, -0.2) is 32.8 Å². The summed E-state index contributed by atoms with van der Waals surface area (Å²) in [5.74, 6) is -0.249. The Morgan fingerprint density at radius 2 is 2.33 bits per heavy atom. The number of carbonyl (C=O) groups excluding carboxylic acids is 1. The predicted molar refractivity (Wildman–Crippen MR) is 78.3 cm³/mol. The molecular formula is C13H13N5O2S. The third-order valence-corrected chi connectivity index (χ3v) is 3.90. The molecule has 1 N–H and O–H groups in total. The Balaban J connectivity index is 1.75. The minimum Gasteiger partial charge on any atom is -0.467 e. The Bertz CT molecular complexity index is 795. The van der Waals surface area contributed by atoms with Crippen LogP contribution < -0.4 is 10.1 Å². The van der Waals surface area contributed by atoms with Crippen LogP contribution in [0.25, 0.3) is 10.2 Å². The van der Waals surface area contributed by atoms with Crippen molar-refractivity contribution >= 4 is 27.5 Å².